The van der Waals surface area contributed by atoms with Gasteiger partial charge in [0.25, 0.3) is 0 Å². The lowest BCUT2D eigenvalue weighted by Crippen LogP contribution is -2.57. The van der Waals surface area contributed by atoms with Crippen molar-refractivity contribution in [2.24, 2.45) is 11.7 Å². The molecule has 4 unspecified atom stereocenters. The highest BCUT2D eigenvalue weighted by Gasteiger charge is 2.30. The van der Waals surface area contributed by atoms with Gasteiger partial charge in [-0.25, -0.2) is 4.79 Å². The Hall–Kier alpha value is -1.99. The number of carbonyl (C=O) groups is 5. The Balaban J connectivity index is 5.42. The number of amides is 3. The van der Waals surface area contributed by atoms with Crippen molar-refractivity contribution in [1.82, 2.24) is 16.0 Å². The molecule has 0 saturated heterocycles. The minimum Gasteiger partial charge on any atom is -0.481 e. The zero-order chi connectivity index (χ0) is 23.4. The third-order valence-corrected chi connectivity index (χ3v) is 4.71. The monoisotopic (exact) mass is 466 g/mol. The summed E-state index contributed by atoms with van der Waals surface area (Å²) in [6.07, 6.45) is -0.445. The largest absolute Gasteiger partial charge is 0.481 e. The summed E-state index contributed by atoms with van der Waals surface area (Å²) < 4.78 is 0. The molecule has 4 atom stereocenters. The fourth-order valence-electron chi connectivity index (χ4n) is 2.33. The Bertz CT molecular complexity index is 633. The number of thiol groups is 2. The number of hydrogen-bond acceptors (Lipinski definition) is 8. The highest BCUT2D eigenvalue weighted by Crippen LogP contribution is 2.08. The van der Waals surface area contributed by atoms with Gasteiger partial charge in [-0.2, -0.15) is 25.3 Å². The molecule has 0 aliphatic heterocycles. The molecule has 13 heteroatoms. The van der Waals surface area contributed by atoms with Gasteiger partial charge in [0.2, 0.25) is 17.7 Å². The number of aliphatic carboxylic acids is 2. The Morgan fingerprint density at radius 3 is 1.77 bits per heavy atom. The van der Waals surface area contributed by atoms with Gasteiger partial charge in [-0.15, -0.1) is 0 Å². The molecular weight excluding hydrogens is 436 g/mol. The first-order chi connectivity index (χ1) is 13.9. The Labute approximate surface area is 185 Å². The minimum absolute atomic E-state index is 0.0117. The standard InChI is InChI=1S/C17H30N4O7S2/c1-8(2)5-11(16(26)21-12(7-30)17(27)28)20-15(25)10(3-4-13(22)23)19-14(24)9(18)6-29/h8-12,29-30H,3-7,18H2,1-2H3,(H,19,24)(H,20,25)(H,21,26)(H,22,23)(H,27,28). The van der Waals surface area contributed by atoms with Crippen LogP contribution < -0.4 is 21.7 Å². The molecule has 7 N–H and O–H groups in total. The average molecular weight is 467 g/mol. The number of carbonyl (C=O) groups excluding carboxylic acids is 3. The molecule has 0 aliphatic rings. The fourth-order valence-corrected chi connectivity index (χ4v) is 2.74. The van der Waals surface area contributed by atoms with Crippen LogP contribution in [-0.2, 0) is 24.0 Å². The van der Waals surface area contributed by atoms with E-state index in [2.05, 4.69) is 41.2 Å². The topological polar surface area (TPSA) is 188 Å². The van der Waals surface area contributed by atoms with Gasteiger partial charge in [-0.1, -0.05) is 13.8 Å². The third kappa shape index (κ3) is 10.7. The average Bonchev–Trinajstić information content (AvgIpc) is 2.66. The molecule has 172 valence electrons. The van der Waals surface area contributed by atoms with Crippen molar-refractivity contribution in [3.63, 3.8) is 0 Å². The third-order valence-electron chi connectivity index (χ3n) is 3.95. The lowest BCUT2D eigenvalue weighted by Gasteiger charge is -2.25. The van der Waals surface area contributed by atoms with Crippen LogP contribution in [0.5, 0.6) is 0 Å². The maximum atomic E-state index is 12.7. The van der Waals surface area contributed by atoms with Gasteiger partial charge in [0.05, 0.1) is 6.04 Å². The number of nitrogens with two attached hydrogens (primary N) is 1. The Morgan fingerprint density at radius 2 is 1.33 bits per heavy atom. The predicted molar refractivity (Wildman–Crippen MR) is 115 cm³/mol. The van der Waals surface area contributed by atoms with Crippen LogP contribution in [0, 0.1) is 5.92 Å². The lowest BCUT2D eigenvalue weighted by molar-refractivity contribution is -0.141. The molecule has 0 bridgehead atoms. The van der Waals surface area contributed by atoms with E-state index in [4.69, 9.17) is 15.9 Å². The zero-order valence-corrected chi connectivity index (χ0v) is 18.6. The van der Waals surface area contributed by atoms with Crippen LogP contribution in [-0.4, -0.2) is 75.5 Å². The molecule has 30 heavy (non-hydrogen) atoms. The number of hydrogen-bond donors (Lipinski definition) is 8. The van der Waals surface area contributed by atoms with E-state index in [-0.39, 0.29) is 30.3 Å². The van der Waals surface area contributed by atoms with E-state index in [1.807, 2.05) is 0 Å². The maximum absolute atomic E-state index is 12.7. The van der Waals surface area contributed by atoms with Gasteiger partial charge in [-0.3, -0.25) is 19.2 Å². The summed E-state index contributed by atoms with van der Waals surface area (Å²) in [5.74, 6) is -4.83. The van der Waals surface area contributed by atoms with Crippen molar-refractivity contribution in [1.29, 1.82) is 0 Å². The van der Waals surface area contributed by atoms with Gasteiger partial charge in [0.15, 0.2) is 0 Å². The molecule has 3 amide bonds. The van der Waals surface area contributed by atoms with Gasteiger partial charge < -0.3 is 31.9 Å². The Morgan fingerprint density at radius 1 is 0.833 bits per heavy atom. The summed E-state index contributed by atoms with van der Waals surface area (Å²) in [5.41, 5.74) is 5.57. The molecule has 0 aliphatic carbocycles. The first kappa shape index (κ1) is 28.0. The molecule has 0 spiro atoms. The molecule has 0 aromatic carbocycles. The second-order valence-electron chi connectivity index (χ2n) is 7.06. The van der Waals surface area contributed by atoms with Crippen molar-refractivity contribution >= 4 is 54.9 Å². The van der Waals surface area contributed by atoms with Gasteiger partial charge >= 0.3 is 11.9 Å². The predicted octanol–water partition coefficient (Wildman–Crippen LogP) is -1.38. The molecule has 0 radical (unpaired) electrons. The number of carboxylic acid groups (broad SMARTS) is 2. The van der Waals surface area contributed by atoms with E-state index in [0.29, 0.717) is 0 Å². The first-order valence-electron chi connectivity index (χ1n) is 9.25. The highest BCUT2D eigenvalue weighted by atomic mass is 32.1. The fraction of sp³-hybridized carbons (Fsp3) is 0.706. The summed E-state index contributed by atoms with van der Waals surface area (Å²) in [5, 5.41) is 25.1. The molecular formula is C17H30N4O7S2. The van der Waals surface area contributed by atoms with E-state index >= 15 is 0 Å². The van der Waals surface area contributed by atoms with Gasteiger partial charge in [0, 0.05) is 17.9 Å². The maximum Gasteiger partial charge on any atom is 0.327 e. The van der Waals surface area contributed by atoms with Crippen LogP contribution in [0.25, 0.3) is 0 Å². The first-order valence-corrected chi connectivity index (χ1v) is 10.5. The molecule has 0 rings (SSSR count). The molecule has 0 heterocycles. The SMILES string of the molecule is CC(C)CC(NC(=O)C(CCC(=O)O)NC(=O)C(N)CS)C(=O)NC(CS)C(=O)O. The molecule has 0 fully saturated rings. The quantitative estimate of drug-likeness (QED) is 0.144. The summed E-state index contributed by atoms with van der Waals surface area (Å²) in [6, 6.07) is -4.60. The molecule has 0 aromatic rings. The highest BCUT2D eigenvalue weighted by molar-refractivity contribution is 7.80. The van der Waals surface area contributed by atoms with Crippen molar-refractivity contribution in [3.05, 3.63) is 0 Å². The van der Waals surface area contributed by atoms with Crippen LogP contribution in [0.4, 0.5) is 0 Å². The second kappa shape index (κ2) is 14.1. The van der Waals surface area contributed by atoms with Crippen molar-refractivity contribution < 1.29 is 34.2 Å². The zero-order valence-electron chi connectivity index (χ0n) is 16.8. The Kier molecular flexibility index (Phi) is 13.2. The smallest absolute Gasteiger partial charge is 0.327 e. The summed E-state index contributed by atoms with van der Waals surface area (Å²) in [6.45, 7) is 3.60. The van der Waals surface area contributed by atoms with Crippen molar-refractivity contribution in [2.75, 3.05) is 11.5 Å². The van der Waals surface area contributed by atoms with E-state index in [0.717, 1.165) is 0 Å². The number of carboxylic acids is 2. The van der Waals surface area contributed by atoms with Crippen LogP contribution in [0.15, 0.2) is 0 Å². The summed E-state index contributed by atoms with van der Waals surface area (Å²) >= 11 is 7.78. The van der Waals surface area contributed by atoms with Crippen molar-refractivity contribution in [2.45, 2.75) is 57.3 Å². The van der Waals surface area contributed by atoms with Crippen molar-refractivity contribution in [3.8, 4) is 0 Å². The van der Waals surface area contributed by atoms with E-state index in [1.54, 1.807) is 13.8 Å². The molecule has 0 aromatic heterocycles. The lowest BCUT2D eigenvalue weighted by atomic mass is 10.0. The number of rotatable bonds is 14. The minimum atomic E-state index is -1.28. The molecule has 0 saturated carbocycles. The number of nitrogens with one attached hydrogen (secondary N) is 3. The molecule has 11 nitrogen and oxygen atoms in total. The normalized spacial score (nSPS) is 14.9. The van der Waals surface area contributed by atoms with Gasteiger partial charge in [-0.05, 0) is 18.8 Å². The summed E-state index contributed by atoms with van der Waals surface area (Å²) in [7, 11) is 0. The van der Waals surface area contributed by atoms with Crippen LogP contribution in [0.2, 0.25) is 0 Å². The van der Waals surface area contributed by atoms with E-state index in [9.17, 15) is 24.0 Å². The van der Waals surface area contributed by atoms with Gasteiger partial charge in [0.1, 0.15) is 18.1 Å². The summed E-state index contributed by atoms with van der Waals surface area (Å²) in [4.78, 5) is 59.3. The van der Waals surface area contributed by atoms with E-state index in [1.165, 1.54) is 0 Å². The van der Waals surface area contributed by atoms with Crippen LogP contribution in [0.3, 0.4) is 0 Å². The second-order valence-corrected chi connectivity index (χ2v) is 7.79. The van der Waals surface area contributed by atoms with E-state index < -0.39 is 60.2 Å². The van der Waals surface area contributed by atoms with Crippen LogP contribution in [0.1, 0.15) is 33.1 Å². The van der Waals surface area contributed by atoms with Crippen LogP contribution >= 0.6 is 25.3 Å².